The molecule has 4 nitrogen and oxygen atoms in total. The zero-order valence-electron chi connectivity index (χ0n) is 14.3. The van der Waals surface area contributed by atoms with Crippen molar-refractivity contribution in [2.75, 3.05) is 5.32 Å². The second-order valence-corrected chi connectivity index (χ2v) is 7.01. The van der Waals surface area contributed by atoms with Gasteiger partial charge in [-0.05, 0) is 25.1 Å². The molecule has 0 unspecified atom stereocenters. The minimum absolute atomic E-state index is 0.0943. The number of aromatic nitrogens is 2. The molecule has 0 saturated heterocycles. The van der Waals surface area contributed by atoms with Gasteiger partial charge in [0.25, 0.3) is 0 Å². The zero-order valence-corrected chi connectivity index (χ0v) is 15.1. The van der Waals surface area contributed by atoms with Crippen molar-refractivity contribution in [1.29, 1.82) is 0 Å². The summed E-state index contributed by atoms with van der Waals surface area (Å²) in [5, 5.41) is 6.78. The third-order valence-electron chi connectivity index (χ3n) is 4.03. The highest BCUT2D eigenvalue weighted by atomic mass is 32.1. The molecule has 2 heterocycles. The summed E-state index contributed by atoms with van der Waals surface area (Å²) in [7, 11) is 0. The Bertz CT molecular complexity index is 1090. The van der Waals surface area contributed by atoms with Crippen molar-refractivity contribution >= 4 is 33.8 Å². The lowest BCUT2D eigenvalue weighted by molar-refractivity contribution is -0.115. The lowest BCUT2D eigenvalue weighted by Crippen LogP contribution is -2.14. The molecule has 0 spiro atoms. The van der Waals surface area contributed by atoms with Crippen LogP contribution in [0.4, 0.5) is 5.69 Å². The minimum Gasteiger partial charge on any atom is -0.324 e. The summed E-state index contributed by atoms with van der Waals surface area (Å²) in [6, 6.07) is 18.0. The molecule has 2 aromatic heterocycles. The normalized spacial score (nSPS) is 10.8. The Hall–Kier alpha value is -3.05. The number of thiazole rings is 1. The predicted octanol–water partition coefficient (Wildman–Crippen LogP) is 4.85. The van der Waals surface area contributed by atoms with Crippen LogP contribution in [0.2, 0.25) is 0 Å². The summed E-state index contributed by atoms with van der Waals surface area (Å²) in [5.41, 5.74) is 4.66. The van der Waals surface area contributed by atoms with Crippen LogP contribution >= 0.6 is 11.3 Å². The van der Waals surface area contributed by atoms with Gasteiger partial charge in [-0.15, -0.1) is 11.3 Å². The van der Waals surface area contributed by atoms with Crippen molar-refractivity contribution < 1.29 is 4.79 Å². The van der Waals surface area contributed by atoms with Crippen molar-refractivity contribution in [1.82, 2.24) is 9.97 Å². The molecular formula is C21H17N3OS. The Morgan fingerprint density at radius 3 is 2.88 bits per heavy atom. The van der Waals surface area contributed by atoms with E-state index >= 15 is 0 Å². The van der Waals surface area contributed by atoms with E-state index in [0.717, 1.165) is 27.2 Å². The first kappa shape index (κ1) is 16.4. The molecule has 0 fully saturated rings. The molecule has 4 rings (SSSR count). The van der Waals surface area contributed by atoms with Crippen LogP contribution in [0.25, 0.3) is 21.5 Å². The SMILES string of the molecule is Cc1cccc(-c2nc(CC(=O)Nc3cnc4ccccc4c3)cs2)c1. The summed E-state index contributed by atoms with van der Waals surface area (Å²) in [5.74, 6) is -0.0943. The number of carbonyl (C=O) groups is 1. The molecule has 0 atom stereocenters. The average molecular weight is 359 g/mol. The van der Waals surface area contributed by atoms with E-state index in [0.29, 0.717) is 5.69 Å². The molecule has 0 aliphatic carbocycles. The predicted molar refractivity (Wildman–Crippen MR) is 106 cm³/mol. The van der Waals surface area contributed by atoms with Crippen LogP contribution in [0.1, 0.15) is 11.3 Å². The summed E-state index contributed by atoms with van der Waals surface area (Å²) in [4.78, 5) is 21.3. The number of hydrogen-bond donors (Lipinski definition) is 1. The molecule has 5 heteroatoms. The first-order valence-corrected chi connectivity index (χ1v) is 9.21. The van der Waals surface area contributed by atoms with E-state index in [1.165, 1.54) is 5.56 Å². The van der Waals surface area contributed by atoms with Gasteiger partial charge in [-0.1, -0.05) is 42.0 Å². The van der Waals surface area contributed by atoms with Crippen molar-refractivity contribution in [2.45, 2.75) is 13.3 Å². The lowest BCUT2D eigenvalue weighted by Gasteiger charge is -2.05. The van der Waals surface area contributed by atoms with E-state index in [9.17, 15) is 4.79 Å². The third-order valence-corrected chi connectivity index (χ3v) is 4.97. The number of benzene rings is 2. The molecular weight excluding hydrogens is 342 g/mol. The maximum absolute atomic E-state index is 12.3. The molecule has 128 valence electrons. The van der Waals surface area contributed by atoms with Gasteiger partial charge in [0.1, 0.15) is 5.01 Å². The van der Waals surface area contributed by atoms with Gasteiger partial charge in [-0.25, -0.2) is 4.98 Å². The fourth-order valence-corrected chi connectivity index (χ4v) is 3.62. The molecule has 0 saturated carbocycles. The Labute approximate surface area is 155 Å². The van der Waals surface area contributed by atoms with E-state index in [2.05, 4.69) is 34.3 Å². The second-order valence-electron chi connectivity index (χ2n) is 6.16. The molecule has 0 bridgehead atoms. The Morgan fingerprint density at radius 1 is 1.12 bits per heavy atom. The first-order valence-electron chi connectivity index (χ1n) is 8.33. The molecule has 1 amide bonds. The number of hydrogen-bond acceptors (Lipinski definition) is 4. The smallest absolute Gasteiger partial charge is 0.230 e. The number of pyridine rings is 1. The lowest BCUT2D eigenvalue weighted by atomic mass is 10.1. The highest BCUT2D eigenvalue weighted by Crippen LogP contribution is 2.25. The van der Waals surface area contributed by atoms with Crippen LogP contribution in [0.5, 0.6) is 0 Å². The molecule has 0 radical (unpaired) electrons. The van der Waals surface area contributed by atoms with E-state index in [4.69, 9.17) is 0 Å². The number of nitrogens with one attached hydrogen (secondary N) is 1. The fraction of sp³-hybridized carbons (Fsp3) is 0.0952. The van der Waals surface area contributed by atoms with Crippen molar-refractivity contribution in [2.24, 2.45) is 0 Å². The molecule has 26 heavy (non-hydrogen) atoms. The first-order chi connectivity index (χ1) is 12.7. The van der Waals surface area contributed by atoms with Crippen LogP contribution < -0.4 is 5.32 Å². The molecule has 2 aromatic carbocycles. The topological polar surface area (TPSA) is 54.9 Å². The number of anilines is 1. The van der Waals surface area contributed by atoms with E-state index in [1.54, 1.807) is 17.5 Å². The third kappa shape index (κ3) is 3.63. The maximum Gasteiger partial charge on any atom is 0.230 e. The minimum atomic E-state index is -0.0943. The van der Waals surface area contributed by atoms with Gasteiger partial charge in [-0.3, -0.25) is 9.78 Å². The zero-order chi connectivity index (χ0) is 17.9. The largest absolute Gasteiger partial charge is 0.324 e. The molecule has 1 N–H and O–H groups in total. The summed E-state index contributed by atoms with van der Waals surface area (Å²) < 4.78 is 0. The van der Waals surface area contributed by atoms with Crippen LogP contribution in [-0.2, 0) is 11.2 Å². The highest BCUT2D eigenvalue weighted by molar-refractivity contribution is 7.13. The van der Waals surface area contributed by atoms with Crippen LogP contribution in [0.3, 0.4) is 0 Å². The van der Waals surface area contributed by atoms with Crippen LogP contribution in [-0.4, -0.2) is 15.9 Å². The molecule has 4 aromatic rings. The Morgan fingerprint density at radius 2 is 2.00 bits per heavy atom. The maximum atomic E-state index is 12.3. The van der Waals surface area contributed by atoms with Gasteiger partial charge in [0.05, 0.1) is 29.5 Å². The fourth-order valence-electron chi connectivity index (χ4n) is 2.81. The monoisotopic (exact) mass is 359 g/mol. The highest BCUT2D eigenvalue weighted by Gasteiger charge is 2.10. The van der Waals surface area contributed by atoms with Crippen molar-refractivity contribution in [3.05, 3.63) is 77.4 Å². The number of carbonyl (C=O) groups excluding carboxylic acids is 1. The number of rotatable bonds is 4. The van der Waals surface area contributed by atoms with E-state index in [1.807, 2.05) is 47.8 Å². The standard InChI is InChI=1S/C21H17N3OS/c1-14-5-4-7-16(9-14)21-24-18(13-26-21)11-20(25)23-17-10-15-6-2-3-8-19(15)22-12-17/h2-10,12-13H,11H2,1H3,(H,23,25). The van der Waals surface area contributed by atoms with E-state index in [-0.39, 0.29) is 12.3 Å². The van der Waals surface area contributed by atoms with Gasteiger partial charge in [-0.2, -0.15) is 0 Å². The number of nitrogens with zero attached hydrogens (tertiary/aromatic N) is 2. The molecule has 0 aliphatic rings. The van der Waals surface area contributed by atoms with Crippen LogP contribution in [0.15, 0.2) is 66.2 Å². The molecule has 0 aliphatic heterocycles. The number of amides is 1. The summed E-state index contributed by atoms with van der Waals surface area (Å²) >= 11 is 1.56. The number of fused-ring (bicyclic) bond motifs is 1. The van der Waals surface area contributed by atoms with Crippen molar-refractivity contribution in [3.8, 4) is 10.6 Å². The van der Waals surface area contributed by atoms with Gasteiger partial charge >= 0.3 is 0 Å². The Balaban J connectivity index is 1.46. The summed E-state index contributed by atoms with van der Waals surface area (Å²) in [6.45, 7) is 2.06. The Kier molecular flexibility index (Phi) is 4.46. The summed E-state index contributed by atoms with van der Waals surface area (Å²) in [6.07, 6.45) is 1.93. The number of aryl methyl sites for hydroxylation is 1. The van der Waals surface area contributed by atoms with Crippen molar-refractivity contribution in [3.63, 3.8) is 0 Å². The second kappa shape index (κ2) is 7.06. The van der Waals surface area contributed by atoms with Gasteiger partial charge in [0.15, 0.2) is 0 Å². The number of para-hydroxylation sites is 1. The van der Waals surface area contributed by atoms with Gasteiger partial charge < -0.3 is 5.32 Å². The van der Waals surface area contributed by atoms with Crippen LogP contribution in [0, 0.1) is 6.92 Å². The van der Waals surface area contributed by atoms with Gasteiger partial charge in [0.2, 0.25) is 5.91 Å². The van der Waals surface area contributed by atoms with E-state index < -0.39 is 0 Å². The average Bonchev–Trinajstić information content (AvgIpc) is 3.10. The quantitative estimate of drug-likeness (QED) is 0.567. The van der Waals surface area contributed by atoms with Gasteiger partial charge in [0, 0.05) is 16.3 Å².